The molecule has 0 radical (unpaired) electrons. The molecule has 1 spiro atoms. The summed E-state index contributed by atoms with van der Waals surface area (Å²) in [6.07, 6.45) is -6.74. The fourth-order valence-corrected chi connectivity index (χ4v) is 5.53. The largest absolute Gasteiger partial charge is 0.441 e. The van der Waals surface area contributed by atoms with Crippen LogP contribution in [0.3, 0.4) is 0 Å². The summed E-state index contributed by atoms with van der Waals surface area (Å²) in [7, 11) is 0. The Kier molecular flexibility index (Phi) is 9.07. The SMILES string of the molecule is CSCN1CC2(CCN(CCCOC(c3cccc(C(F)(F)F)c3)c3cccc(C(F)(F)F)c3)CC2)OC1=O. The number of rotatable bonds is 9. The topological polar surface area (TPSA) is 42.0 Å². The summed E-state index contributed by atoms with van der Waals surface area (Å²) >= 11 is 1.56. The van der Waals surface area contributed by atoms with E-state index >= 15 is 0 Å². The van der Waals surface area contributed by atoms with E-state index in [0.29, 0.717) is 51.3 Å². The molecule has 214 valence electrons. The number of carbonyl (C=O) groups is 1. The molecule has 2 saturated heterocycles. The molecule has 2 aromatic rings. The minimum Gasteiger partial charge on any atom is -0.441 e. The van der Waals surface area contributed by atoms with Crippen LogP contribution >= 0.6 is 11.8 Å². The number of alkyl halides is 6. The highest BCUT2D eigenvalue weighted by atomic mass is 32.2. The van der Waals surface area contributed by atoms with Crippen molar-refractivity contribution in [3.05, 3.63) is 70.8 Å². The van der Waals surface area contributed by atoms with Crippen LogP contribution in [0.25, 0.3) is 0 Å². The number of halogens is 6. The van der Waals surface area contributed by atoms with Crippen LogP contribution in [0.2, 0.25) is 0 Å². The first-order chi connectivity index (χ1) is 18.4. The molecule has 2 aliphatic heterocycles. The Morgan fingerprint density at radius 1 is 0.974 bits per heavy atom. The second-order valence-electron chi connectivity index (χ2n) is 9.86. The highest BCUT2D eigenvalue weighted by Crippen LogP contribution is 2.37. The average Bonchev–Trinajstić information content (AvgIpc) is 3.19. The molecule has 0 unspecified atom stereocenters. The Hall–Kier alpha value is -2.44. The molecule has 0 aromatic heterocycles. The van der Waals surface area contributed by atoms with E-state index in [1.807, 2.05) is 6.26 Å². The van der Waals surface area contributed by atoms with Crippen LogP contribution in [0.4, 0.5) is 31.1 Å². The Morgan fingerprint density at radius 3 is 2.05 bits per heavy atom. The van der Waals surface area contributed by atoms with Gasteiger partial charge in [0.2, 0.25) is 0 Å². The van der Waals surface area contributed by atoms with Gasteiger partial charge in [-0.05, 0) is 48.1 Å². The maximum atomic E-state index is 13.3. The third-order valence-electron chi connectivity index (χ3n) is 7.03. The standard InChI is InChI=1S/C27H30F6N2O3S/c1-39-18-35-17-25(38-24(35)36)9-12-34(13-10-25)11-4-14-37-23(19-5-2-7-21(15-19)26(28,29)30)20-6-3-8-22(16-20)27(31,32)33/h2-3,5-8,15-16,23H,4,9-14,17-18H2,1H3. The predicted molar refractivity (Wildman–Crippen MR) is 135 cm³/mol. The molecule has 0 bridgehead atoms. The average molecular weight is 577 g/mol. The summed E-state index contributed by atoms with van der Waals surface area (Å²) in [4.78, 5) is 16.0. The fourth-order valence-electron chi connectivity index (χ4n) is 5.02. The quantitative estimate of drug-likeness (QED) is 0.242. The van der Waals surface area contributed by atoms with Gasteiger partial charge in [-0.1, -0.05) is 24.3 Å². The summed E-state index contributed by atoms with van der Waals surface area (Å²) in [5.41, 5.74) is -2.01. The van der Waals surface area contributed by atoms with E-state index in [1.165, 1.54) is 24.3 Å². The number of nitrogens with zero attached hydrogens (tertiary/aromatic N) is 2. The van der Waals surface area contributed by atoms with E-state index in [2.05, 4.69) is 4.90 Å². The third kappa shape index (κ3) is 7.40. The third-order valence-corrected chi connectivity index (χ3v) is 7.60. The molecule has 12 heteroatoms. The van der Waals surface area contributed by atoms with Crippen molar-refractivity contribution in [1.29, 1.82) is 0 Å². The van der Waals surface area contributed by atoms with Crippen LogP contribution in [0.5, 0.6) is 0 Å². The van der Waals surface area contributed by atoms with Crippen molar-refractivity contribution in [3.63, 3.8) is 0 Å². The van der Waals surface area contributed by atoms with Gasteiger partial charge in [-0.15, -0.1) is 11.8 Å². The molecule has 1 amide bonds. The van der Waals surface area contributed by atoms with Gasteiger partial charge in [-0.3, -0.25) is 4.90 Å². The van der Waals surface area contributed by atoms with Crippen molar-refractivity contribution in [2.24, 2.45) is 0 Å². The summed E-state index contributed by atoms with van der Waals surface area (Å²) in [5, 5.41) is 0. The van der Waals surface area contributed by atoms with Crippen LogP contribution in [-0.2, 0) is 21.8 Å². The van der Waals surface area contributed by atoms with Crippen molar-refractivity contribution in [3.8, 4) is 0 Å². The Bertz CT molecular complexity index is 1080. The van der Waals surface area contributed by atoms with Crippen LogP contribution in [0.15, 0.2) is 48.5 Å². The van der Waals surface area contributed by atoms with Crippen molar-refractivity contribution >= 4 is 17.9 Å². The lowest BCUT2D eigenvalue weighted by Gasteiger charge is -2.37. The minimum atomic E-state index is -4.60. The summed E-state index contributed by atoms with van der Waals surface area (Å²) in [6, 6.07) is 8.96. The molecule has 4 rings (SSSR count). The Labute approximate surface area is 227 Å². The molecule has 2 heterocycles. The molecule has 0 atom stereocenters. The Morgan fingerprint density at radius 2 is 1.54 bits per heavy atom. The normalized spacial score (nSPS) is 18.3. The molecule has 5 nitrogen and oxygen atoms in total. The van der Waals surface area contributed by atoms with E-state index in [9.17, 15) is 31.1 Å². The van der Waals surface area contributed by atoms with E-state index in [0.717, 1.165) is 24.3 Å². The number of thioether (sulfide) groups is 1. The number of amides is 1. The van der Waals surface area contributed by atoms with Crippen LogP contribution in [-0.4, -0.2) is 66.4 Å². The van der Waals surface area contributed by atoms with Crippen molar-refractivity contribution < 1.29 is 40.6 Å². The zero-order valence-electron chi connectivity index (χ0n) is 21.4. The van der Waals surface area contributed by atoms with Gasteiger partial charge in [-0.25, -0.2) is 4.79 Å². The highest BCUT2D eigenvalue weighted by molar-refractivity contribution is 7.98. The van der Waals surface area contributed by atoms with Gasteiger partial charge in [0.05, 0.1) is 23.5 Å². The molecule has 2 fully saturated rings. The first-order valence-corrected chi connectivity index (χ1v) is 13.9. The van der Waals surface area contributed by atoms with Gasteiger partial charge in [-0.2, -0.15) is 26.3 Å². The molecular formula is C27H30F6N2O3S. The maximum absolute atomic E-state index is 13.3. The lowest BCUT2D eigenvalue weighted by atomic mass is 9.91. The number of ether oxygens (including phenoxy) is 2. The number of likely N-dealkylation sites (tertiary alicyclic amines) is 1. The van der Waals surface area contributed by atoms with Gasteiger partial charge in [0, 0.05) is 39.1 Å². The second kappa shape index (κ2) is 12.0. The molecule has 0 saturated carbocycles. The number of carbonyl (C=O) groups excluding carboxylic acids is 1. The molecular weight excluding hydrogens is 546 g/mol. The van der Waals surface area contributed by atoms with Crippen molar-refractivity contribution in [2.45, 2.75) is 43.3 Å². The molecule has 0 aliphatic carbocycles. The first-order valence-electron chi connectivity index (χ1n) is 12.6. The van der Waals surface area contributed by atoms with Gasteiger partial charge in [0.15, 0.2) is 0 Å². The molecule has 2 aromatic carbocycles. The lowest BCUT2D eigenvalue weighted by molar-refractivity contribution is -0.138. The second-order valence-corrected chi connectivity index (χ2v) is 10.7. The van der Waals surface area contributed by atoms with E-state index < -0.39 is 35.2 Å². The van der Waals surface area contributed by atoms with E-state index in [-0.39, 0.29) is 23.8 Å². The van der Waals surface area contributed by atoms with Crippen LogP contribution in [0, 0.1) is 0 Å². The summed E-state index contributed by atoms with van der Waals surface area (Å²) in [6.45, 7) is 2.77. The monoisotopic (exact) mass is 576 g/mol. The Balaban J connectivity index is 1.39. The summed E-state index contributed by atoms with van der Waals surface area (Å²) < 4.78 is 91.6. The van der Waals surface area contributed by atoms with E-state index in [1.54, 1.807) is 16.7 Å². The smallest absolute Gasteiger partial charge is 0.416 e. The zero-order valence-corrected chi connectivity index (χ0v) is 22.2. The fraction of sp³-hybridized carbons (Fsp3) is 0.519. The predicted octanol–water partition coefficient (Wildman–Crippen LogP) is 6.83. The number of piperidine rings is 1. The van der Waals surface area contributed by atoms with Crippen molar-refractivity contribution in [2.75, 3.05) is 44.9 Å². The first kappa shape index (κ1) is 29.5. The maximum Gasteiger partial charge on any atom is 0.416 e. The van der Waals surface area contributed by atoms with Gasteiger partial charge in [0.1, 0.15) is 11.7 Å². The van der Waals surface area contributed by atoms with Crippen LogP contribution < -0.4 is 0 Å². The molecule has 2 aliphatic rings. The van der Waals surface area contributed by atoms with Gasteiger partial charge >= 0.3 is 18.4 Å². The zero-order chi connectivity index (χ0) is 28.3. The number of hydrogen-bond donors (Lipinski definition) is 0. The molecule has 39 heavy (non-hydrogen) atoms. The van der Waals surface area contributed by atoms with Crippen molar-refractivity contribution in [1.82, 2.24) is 9.80 Å². The van der Waals surface area contributed by atoms with E-state index in [4.69, 9.17) is 9.47 Å². The number of hydrogen-bond acceptors (Lipinski definition) is 5. The summed E-state index contributed by atoms with van der Waals surface area (Å²) in [5.74, 6) is 0.584. The lowest BCUT2D eigenvalue weighted by Crippen LogP contribution is -2.47. The minimum absolute atomic E-state index is 0.127. The van der Waals surface area contributed by atoms with Crippen LogP contribution in [0.1, 0.15) is 47.6 Å². The van der Waals surface area contributed by atoms with Gasteiger partial charge < -0.3 is 14.4 Å². The number of benzene rings is 2. The highest BCUT2D eigenvalue weighted by Gasteiger charge is 2.46. The van der Waals surface area contributed by atoms with Gasteiger partial charge in [0.25, 0.3) is 0 Å². The molecule has 0 N–H and O–H groups in total.